The summed E-state index contributed by atoms with van der Waals surface area (Å²) >= 11 is 0. The van der Waals surface area contributed by atoms with Gasteiger partial charge in [0.1, 0.15) is 0 Å². The normalized spacial score (nSPS) is 26.4. The van der Waals surface area contributed by atoms with Crippen LogP contribution in [0.2, 0.25) is 0 Å². The van der Waals surface area contributed by atoms with E-state index in [1.165, 1.54) is 5.56 Å². The first-order valence-corrected chi connectivity index (χ1v) is 9.55. The van der Waals surface area contributed by atoms with Crippen LogP contribution in [0.3, 0.4) is 0 Å². The second-order valence-electron chi connectivity index (χ2n) is 7.44. The molecule has 1 aliphatic heterocycles. The van der Waals surface area contributed by atoms with Gasteiger partial charge in [-0.2, -0.15) is 0 Å². The van der Waals surface area contributed by atoms with Crippen molar-refractivity contribution >= 4 is 11.8 Å². The lowest BCUT2D eigenvalue weighted by molar-refractivity contribution is -0.143. The molecule has 1 aromatic rings. The zero-order valence-corrected chi connectivity index (χ0v) is 15.1. The molecule has 1 saturated heterocycles. The summed E-state index contributed by atoms with van der Waals surface area (Å²) in [5, 5.41) is 0. The number of carbonyl (C=O) groups excluding carboxylic acids is 2. The Balaban J connectivity index is 1.85. The largest absolute Gasteiger partial charge is 0.274 e. The molecule has 3 rings (SSSR count). The monoisotopic (exact) mass is 327 g/mol. The van der Waals surface area contributed by atoms with Crippen molar-refractivity contribution < 1.29 is 9.59 Å². The van der Waals surface area contributed by atoms with Crippen LogP contribution in [0.25, 0.3) is 0 Å². The van der Waals surface area contributed by atoms with Crippen LogP contribution in [0, 0.1) is 11.8 Å². The Morgan fingerprint density at radius 3 is 1.88 bits per heavy atom. The topological polar surface area (TPSA) is 37.4 Å². The summed E-state index contributed by atoms with van der Waals surface area (Å²) in [5.41, 5.74) is 2.41. The van der Waals surface area contributed by atoms with Gasteiger partial charge >= 0.3 is 0 Å². The Kier molecular flexibility index (Phi) is 5.07. The summed E-state index contributed by atoms with van der Waals surface area (Å²) in [7, 11) is 0. The minimum absolute atomic E-state index is 0.0558. The Hall–Kier alpha value is -1.64. The first kappa shape index (κ1) is 17.2. The van der Waals surface area contributed by atoms with Gasteiger partial charge in [0.15, 0.2) is 0 Å². The van der Waals surface area contributed by atoms with Crippen LogP contribution >= 0.6 is 0 Å². The highest BCUT2D eigenvalue weighted by molar-refractivity contribution is 6.05. The smallest absolute Gasteiger partial charge is 0.233 e. The lowest BCUT2D eigenvalue weighted by Crippen LogP contribution is -2.35. The molecule has 3 heteroatoms. The molecule has 24 heavy (non-hydrogen) atoms. The van der Waals surface area contributed by atoms with E-state index in [2.05, 4.69) is 45.0 Å². The van der Waals surface area contributed by atoms with Gasteiger partial charge in [0.25, 0.3) is 0 Å². The van der Waals surface area contributed by atoms with Crippen LogP contribution in [-0.4, -0.2) is 16.7 Å². The van der Waals surface area contributed by atoms with E-state index in [9.17, 15) is 9.59 Å². The van der Waals surface area contributed by atoms with E-state index in [4.69, 9.17) is 0 Å². The number of fused-ring (bicyclic) bond motifs is 1. The van der Waals surface area contributed by atoms with E-state index in [0.717, 1.165) is 44.1 Å². The third-order valence-corrected chi connectivity index (χ3v) is 6.08. The van der Waals surface area contributed by atoms with Gasteiger partial charge in [-0.15, -0.1) is 0 Å². The lowest BCUT2D eigenvalue weighted by Gasteiger charge is -2.26. The number of hydrogen-bond donors (Lipinski definition) is 0. The summed E-state index contributed by atoms with van der Waals surface area (Å²) < 4.78 is 0. The molecule has 1 aliphatic carbocycles. The number of likely N-dealkylation sites (tertiary alicyclic amines) is 1. The Morgan fingerprint density at radius 1 is 0.917 bits per heavy atom. The highest BCUT2D eigenvalue weighted by Gasteiger charge is 2.50. The number of carbonyl (C=O) groups is 2. The van der Waals surface area contributed by atoms with Gasteiger partial charge < -0.3 is 0 Å². The average Bonchev–Trinajstić information content (AvgIpc) is 2.88. The molecule has 0 bridgehead atoms. The standard InChI is InChI=1S/C21H29NO2/c1-4-14(3)15-10-12-16(13-11-15)19(5-2)22-20(23)17-8-6-7-9-18(17)21(22)24/h10-14,17-19H,4-9H2,1-3H3/t14-,17-,18+,19-/m0/s1. The van der Waals surface area contributed by atoms with Gasteiger partial charge in [0.05, 0.1) is 17.9 Å². The third-order valence-electron chi connectivity index (χ3n) is 6.08. The summed E-state index contributed by atoms with van der Waals surface area (Å²) in [6, 6.07) is 8.42. The van der Waals surface area contributed by atoms with Gasteiger partial charge in [-0.1, -0.05) is 57.9 Å². The maximum absolute atomic E-state index is 12.9. The molecule has 3 nitrogen and oxygen atoms in total. The van der Waals surface area contributed by atoms with Crippen molar-refractivity contribution in [3.63, 3.8) is 0 Å². The molecule has 1 saturated carbocycles. The molecule has 2 fully saturated rings. The van der Waals surface area contributed by atoms with Crippen molar-refractivity contribution in [2.75, 3.05) is 0 Å². The Labute approximate surface area is 145 Å². The Morgan fingerprint density at radius 2 is 1.42 bits per heavy atom. The van der Waals surface area contributed by atoms with Crippen molar-refractivity contribution in [3.05, 3.63) is 35.4 Å². The molecular formula is C21H29NO2. The van der Waals surface area contributed by atoms with Crippen molar-refractivity contribution in [2.45, 2.75) is 71.3 Å². The molecule has 4 atom stereocenters. The molecule has 1 heterocycles. The minimum atomic E-state index is -0.110. The first-order chi connectivity index (χ1) is 11.6. The molecule has 0 unspecified atom stereocenters. The fraction of sp³-hybridized carbons (Fsp3) is 0.619. The maximum atomic E-state index is 12.9. The minimum Gasteiger partial charge on any atom is -0.274 e. The summed E-state index contributed by atoms with van der Waals surface area (Å²) in [5.74, 6) is 0.571. The van der Waals surface area contributed by atoms with Crippen LogP contribution in [0.5, 0.6) is 0 Å². The van der Waals surface area contributed by atoms with Crippen LogP contribution in [0.1, 0.15) is 82.4 Å². The number of amides is 2. The quantitative estimate of drug-likeness (QED) is 0.727. The van der Waals surface area contributed by atoms with E-state index < -0.39 is 0 Å². The van der Waals surface area contributed by atoms with Crippen molar-refractivity contribution in [1.29, 1.82) is 0 Å². The van der Waals surface area contributed by atoms with Gasteiger partial charge in [-0.25, -0.2) is 0 Å². The van der Waals surface area contributed by atoms with Crippen LogP contribution in [0.4, 0.5) is 0 Å². The average molecular weight is 327 g/mol. The molecule has 0 radical (unpaired) electrons. The summed E-state index contributed by atoms with van der Waals surface area (Å²) in [6.45, 7) is 6.48. The SMILES string of the molecule is CC[C@H](C)c1ccc([C@H](CC)N2C(=O)[C@H]3CCCC[C@H]3C2=O)cc1. The van der Waals surface area contributed by atoms with Gasteiger partial charge in [0, 0.05) is 0 Å². The van der Waals surface area contributed by atoms with Gasteiger partial charge in [0.2, 0.25) is 11.8 Å². The number of hydrogen-bond acceptors (Lipinski definition) is 2. The highest BCUT2D eigenvalue weighted by atomic mass is 16.2. The summed E-state index contributed by atoms with van der Waals surface area (Å²) in [4.78, 5) is 27.3. The molecule has 0 N–H and O–H groups in total. The number of benzene rings is 1. The van der Waals surface area contributed by atoms with Crippen LogP contribution in [-0.2, 0) is 9.59 Å². The van der Waals surface area contributed by atoms with Gasteiger partial charge in [-0.3, -0.25) is 14.5 Å². The fourth-order valence-electron chi connectivity index (χ4n) is 4.34. The molecule has 2 aliphatic rings. The number of nitrogens with zero attached hydrogens (tertiary/aromatic N) is 1. The molecule has 0 spiro atoms. The van der Waals surface area contributed by atoms with Crippen molar-refractivity contribution in [3.8, 4) is 0 Å². The number of imide groups is 1. The molecule has 2 amide bonds. The fourth-order valence-corrected chi connectivity index (χ4v) is 4.34. The van der Waals surface area contributed by atoms with Crippen LogP contribution in [0.15, 0.2) is 24.3 Å². The third kappa shape index (κ3) is 2.89. The molecular weight excluding hydrogens is 298 g/mol. The van der Waals surface area contributed by atoms with E-state index in [-0.39, 0.29) is 29.7 Å². The van der Waals surface area contributed by atoms with E-state index in [1.807, 2.05) is 0 Å². The van der Waals surface area contributed by atoms with E-state index in [1.54, 1.807) is 4.90 Å². The zero-order chi connectivity index (χ0) is 17.3. The predicted molar refractivity (Wildman–Crippen MR) is 95.5 cm³/mol. The second kappa shape index (κ2) is 7.08. The lowest BCUT2D eigenvalue weighted by atomic mass is 9.81. The van der Waals surface area contributed by atoms with Gasteiger partial charge in [-0.05, 0) is 42.7 Å². The van der Waals surface area contributed by atoms with Crippen molar-refractivity contribution in [2.24, 2.45) is 11.8 Å². The molecule has 0 aromatic heterocycles. The van der Waals surface area contributed by atoms with Crippen molar-refractivity contribution in [1.82, 2.24) is 4.90 Å². The zero-order valence-electron chi connectivity index (χ0n) is 15.1. The highest BCUT2D eigenvalue weighted by Crippen LogP contribution is 2.42. The first-order valence-electron chi connectivity index (χ1n) is 9.55. The Bertz CT molecular complexity index is 583. The van der Waals surface area contributed by atoms with Crippen LogP contribution < -0.4 is 0 Å². The number of rotatable bonds is 5. The van der Waals surface area contributed by atoms with E-state index in [0.29, 0.717) is 5.92 Å². The maximum Gasteiger partial charge on any atom is 0.233 e. The predicted octanol–water partition coefficient (Wildman–Crippen LogP) is 4.83. The van der Waals surface area contributed by atoms with E-state index >= 15 is 0 Å². The second-order valence-corrected chi connectivity index (χ2v) is 7.44. The molecule has 1 aromatic carbocycles. The molecule has 130 valence electrons. The summed E-state index contributed by atoms with van der Waals surface area (Å²) in [6.07, 6.45) is 5.82.